The van der Waals surface area contributed by atoms with Crippen LogP contribution in [0.25, 0.3) is 0 Å². The molecule has 0 saturated carbocycles. The maximum atomic E-state index is 12.0. The molecule has 0 aromatic carbocycles. The Bertz CT molecular complexity index is 532. The number of nitrogens with zero attached hydrogens (tertiary/aromatic N) is 2. The highest BCUT2D eigenvalue weighted by Crippen LogP contribution is 2.24. The lowest BCUT2D eigenvalue weighted by Gasteiger charge is -2.16. The van der Waals surface area contributed by atoms with E-state index >= 15 is 0 Å². The van der Waals surface area contributed by atoms with Crippen molar-refractivity contribution < 1.29 is 14.4 Å². The summed E-state index contributed by atoms with van der Waals surface area (Å²) < 4.78 is 0. The molecule has 2 heterocycles. The largest absolute Gasteiger partial charge is 0.355 e. The zero-order chi connectivity index (χ0) is 15.2. The molecule has 0 aliphatic carbocycles. The average Bonchev–Trinajstić information content (AvgIpc) is 2.86. The molecule has 1 atom stereocenters. The molecule has 112 valence electrons. The first-order valence-corrected chi connectivity index (χ1v) is 6.80. The first-order valence-electron chi connectivity index (χ1n) is 6.80. The van der Waals surface area contributed by atoms with E-state index in [1.807, 2.05) is 0 Å². The molecule has 1 saturated heterocycles. The van der Waals surface area contributed by atoms with Crippen LogP contribution < -0.4 is 15.5 Å². The molecule has 1 aliphatic heterocycles. The first kappa shape index (κ1) is 15.0. The van der Waals surface area contributed by atoms with Crippen LogP contribution in [0.4, 0.5) is 5.69 Å². The Labute approximate surface area is 122 Å². The number of pyridine rings is 1. The number of hydrogen-bond acceptors (Lipinski definition) is 4. The molecule has 2 rings (SSSR count). The minimum Gasteiger partial charge on any atom is -0.355 e. The van der Waals surface area contributed by atoms with Gasteiger partial charge >= 0.3 is 0 Å². The average molecular weight is 290 g/mol. The standard InChI is InChI=1S/C14H18N4O3/c1-10(19)16-5-6-17-14(21)11-7-13(20)18(9-11)12-3-2-4-15-8-12/h2-4,8,11H,5-7,9H2,1H3,(H,16,19)(H,17,21). The van der Waals surface area contributed by atoms with E-state index in [2.05, 4.69) is 15.6 Å². The lowest BCUT2D eigenvalue weighted by Crippen LogP contribution is -2.37. The summed E-state index contributed by atoms with van der Waals surface area (Å²) >= 11 is 0. The Morgan fingerprint density at radius 2 is 2.14 bits per heavy atom. The molecule has 3 amide bonds. The topological polar surface area (TPSA) is 91.4 Å². The van der Waals surface area contributed by atoms with Crippen LogP contribution in [0, 0.1) is 5.92 Å². The van der Waals surface area contributed by atoms with Gasteiger partial charge in [-0.25, -0.2) is 0 Å². The Hall–Kier alpha value is -2.44. The van der Waals surface area contributed by atoms with E-state index < -0.39 is 0 Å². The fourth-order valence-electron chi connectivity index (χ4n) is 2.21. The van der Waals surface area contributed by atoms with Crippen molar-refractivity contribution in [3.63, 3.8) is 0 Å². The summed E-state index contributed by atoms with van der Waals surface area (Å²) in [5.41, 5.74) is 0.705. The number of hydrogen-bond donors (Lipinski definition) is 2. The fourth-order valence-corrected chi connectivity index (χ4v) is 2.21. The van der Waals surface area contributed by atoms with Gasteiger partial charge in [-0.15, -0.1) is 0 Å². The third kappa shape index (κ3) is 4.01. The van der Waals surface area contributed by atoms with E-state index in [0.29, 0.717) is 25.3 Å². The van der Waals surface area contributed by atoms with Crippen LogP contribution in [0.2, 0.25) is 0 Å². The molecule has 1 unspecified atom stereocenters. The number of rotatable bonds is 5. The third-order valence-electron chi connectivity index (χ3n) is 3.25. The Morgan fingerprint density at radius 1 is 1.38 bits per heavy atom. The highest BCUT2D eigenvalue weighted by molar-refractivity contribution is 6.00. The van der Waals surface area contributed by atoms with Gasteiger partial charge < -0.3 is 15.5 Å². The number of nitrogens with one attached hydrogen (secondary N) is 2. The molecule has 1 aliphatic rings. The van der Waals surface area contributed by atoms with Crippen molar-refractivity contribution in [2.24, 2.45) is 5.92 Å². The molecule has 1 aromatic rings. The number of amides is 3. The van der Waals surface area contributed by atoms with E-state index in [1.165, 1.54) is 6.92 Å². The molecule has 2 N–H and O–H groups in total. The number of carbonyl (C=O) groups is 3. The summed E-state index contributed by atoms with van der Waals surface area (Å²) in [7, 11) is 0. The predicted molar refractivity (Wildman–Crippen MR) is 76.4 cm³/mol. The van der Waals surface area contributed by atoms with Gasteiger partial charge in [-0.2, -0.15) is 0 Å². The van der Waals surface area contributed by atoms with E-state index in [4.69, 9.17) is 0 Å². The van der Waals surface area contributed by atoms with Crippen molar-refractivity contribution in [2.45, 2.75) is 13.3 Å². The summed E-state index contributed by atoms with van der Waals surface area (Å²) in [5.74, 6) is -0.747. The Balaban J connectivity index is 1.84. The second kappa shape index (κ2) is 6.83. The van der Waals surface area contributed by atoms with Gasteiger partial charge in [0.1, 0.15) is 0 Å². The number of aromatic nitrogens is 1. The zero-order valence-corrected chi connectivity index (χ0v) is 11.8. The van der Waals surface area contributed by atoms with E-state index in [-0.39, 0.29) is 30.1 Å². The van der Waals surface area contributed by atoms with Gasteiger partial charge in [0.2, 0.25) is 17.7 Å². The van der Waals surface area contributed by atoms with Crippen molar-refractivity contribution in [3.05, 3.63) is 24.5 Å². The normalized spacial score (nSPS) is 17.7. The highest BCUT2D eigenvalue weighted by Gasteiger charge is 2.34. The second-order valence-corrected chi connectivity index (χ2v) is 4.89. The van der Waals surface area contributed by atoms with Gasteiger partial charge in [0.25, 0.3) is 0 Å². The van der Waals surface area contributed by atoms with Crippen molar-refractivity contribution in [1.29, 1.82) is 0 Å². The SMILES string of the molecule is CC(=O)NCCNC(=O)C1CC(=O)N(c2cccnc2)C1. The van der Waals surface area contributed by atoms with Gasteiger partial charge in [0, 0.05) is 39.2 Å². The zero-order valence-electron chi connectivity index (χ0n) is 11.8. The molecule has 1 aromatic heterocycles. The predicted octanol–water partition coefficient (Wildman–Crippen LogP) is -0.313. The van der Waals surface area contributed by atoms with Crippen LogP contribution in [0.1, 0.15) is 13.3 Å². The van der Waals surface area contributed by atoms with Crippen molar-refractivity contribution in [3.8, 4) is 0 Å². The number of carbonyl (C=O) groups excluding carboxylic acids is 3. The van der Waals surface area contributed by atoms with Crippen LogP contribution >= 0.6 is 0 Å². The van der Waals surface area contributed by atoms with Gasteiger partial charge in [0.05, 0.1) is 17.8 Å². The van der Waals surface area contributed by atoms with Crippen LogP contribution in [0.3, 0.4) is 0 Å². The highest BCUT2D eigenvalue weighted by atomic mass is 16.2. The fraction of sp³-hybridized carbons (Fsp3) is 0.429. The van der Waals surface area contributed by atoms with Gasteiger partial charge in [-0.1, -0.05) is 0 Å². The van der Waals surface area contributed by atoms with Gasteiger partial charge in [-0.3, -0.25) is 19.4 Å². The lowest BCUT2D eigenvalue weighted by atomic mass is 10.1. The molecular formula is C14H18N4O3. The van der Waals surface area contributed by atoms with Crippen molar-refractivity contribution >= 4 is 23.4 Å². The van der Waals surface area contributed by atoms with E-state index in [1.54, 1.807) is 29.4 Å². The Kier molecular flexibility index (Phi) is 4.86. The van der Waals surface area contributed by atoms with E-state index in [9.17, 15) is 14.4 Å². The second-order valence-electron chi connectivity index (χ2n) is 4.89. The molecule has 7 heteroatoms. The molecule has 0 bridgehead atoms. The summed E-state index contributed by atoms with van der Waals surface area (Å²) in [5, 5.41) is 5.32. The minimum absolute atomic E-state index is 0.0787. The molecule has 0 spiro atoms. The smallest absolute Gasteiger partial charge is 0.227 e. The maximum absolute atomic E-state index is 12.0. The van der Waals surface area contributed by atoms with Crippen LogP contribution in [-0.2, 0) is 14.4 Å². The van der Waals surface area contributed by atoms with Crippen molar-refractivity contribution in [2.75, 3.05) is 24.5 Å². The number of anilines is 1. The molecule has 1 fully saturated rings. The Morgan fingerprint density at radius 3 is 2.81 bits per heavy atom. The molecule has 0 radical (unpaired) electrons. The lowest BCUT2D eigenvalue weighted by molar-refractivity contribution is -0.126. The quantitative estimate of drug-likeness (QED) is 0.728. The summed E-state index contributed by atoms with van der Waals surface area (Å²) in [6.45, 7) is 2.52. The van der Waals surface area contributed by atoms with Crippen molar-refractivity contribution in [1.82, 2.24) is 15.6 Å². The van der Waals surface area contributed by atoms with Crippen LogP contribution in [0.5, 0.6) is 0 Å². The van der Waals surface area contributed by atoms with Crippen LogP contribution in [0.15, 0.2) is 24.5 Å². The summed E-state index contributed by atoms with van der Waals surface area (Å²) in [6.07, 6.45) is 3.44. The monoisotopic (exact) mass is 290 g/mol. The molecule has 7 nitrogen and oxygen atoms in total. The van der Waals surface area contributed by atoms with Gasteiger partial charge in [-0.05, 0) is 12.1 Å². The maximum Gasteiger partial charge on any atom is 0.227 e. The van der Waals surface area contributed by atoms with Crippen LogP contribution in [-0.4, -0.2) is 42.3 Å². The summed E-state index contributed by atoms with van der Waals surface area (Å²) in [6, 6.07) is 3.55. The molecule has 21 heavy (non-hydrogen) atoms. The molecular weight excluding hydrogens is 272 g/mol. The third-order valence-corrected chi connectivity index (χ3v) is 3.25. The van der Waals surface area contributed by atoms with E-state index in [0.717, 1.165) is 0 Å². The first-order chi connectivity index (χ1) is 10.1. The minimum atomic E-state index is -0.366. The van der Waals surface area contributed by atoms with Gasteiger partial charge in [0.15, 0.2) is 0 Å². The summed E-state index contributed by atoms with van der Waals surface area (Å²) in [4.78, 5) is 40.2.